The summed E-state index contributed by atoms with van der Waals surface area (Å²) in [7, 11) is 1.41. The van der Waals surface area contributed by atoms with E-state index in [-0.39, 0.29) is 5.97 Å². The highest BCUT2D eigenvalue weighted by atomic mass is 16.5. The van der Waals surface area contributed by atoms with Crippen molar-refractivity contribution in [1.29, 1.82) is 0 Å². The molecular formula is C14H20N2O2. The Hall–Kier alpha value is -1.55. The second-order valence-electron chi connectivity index (χ2n) is 5.15. The van der Waals surface area contributed by atoms with E-state index in [1.807, 2.05) is 19.9 Å². The second-order valence-corrected chi connectivity index (χ2v) is 5.15. The molecule has 1 aliphatic rings. The molecule has 1 heterocycles. The first-order valence-corrected chi connectivity index (χ1v) is 6.22. The van der Waals surface area contributed by atoms with Crippen molar-refractivity contribution in [2.24, 2.45) is 0 Å². The van der Waals surface area contributed by atoms with E-state index in [1.165, 1.54) is 18.2 Å². The summed E-state index contributed by atoms with van der Waals surface area (Å²) in [4.78, 5) is 11.6. The first-order chi connectivity index (χ1) is 8.53. The number of hydrogen-bond acceptors (Lipinski definition) is 4. The second kappa shape index (κ2) is 4.98. The molecule has 2 N–H and O–H groups in total. The van der Waals surface area contributed by atoms with Crippen LogP contribution in [0.2, 0.25) is 0 Å². The van der Waals surface area contributed by atoms with Crippen LogP contribution in [-0.2, 0) is 22.5 Å². The van der Waals surface area contributed by atoms with Crippen molar-refractivity contribution in [2.45, 2.75) is 32.4 Å². The van der Waals surface area contributed by atoms with Gasteiger partial charge in [0.05, 0.1) is 7.11 Å². The van der Waals surface area contributed by atoms with Crippen LogP contribution in [0.15, 0.2) is 18.2 Å². The van der Waals surface area contributed by atoms with Gasteiger partial charge in [-0.3, -0.25) is 0 Å². The number of benzene rings is 1. The molecule has 0 spiro atoms. The van der Waals surface area contributed by atoms with Gasteiger partial charge in [-0.25, -0.2) is 4.79 Å². The molecule has 1 aliphatic heterocycles. The summed E-state index contributed by atoms with van der Waals surface area (Å²) in [5.41, 5.74) is 2.93. The molecular weight excluding hydrogens is 228 g/mol. The van der Waals surface area contributed by atoms with Crippen LogP contribution in [0.4, 0.5) is 5.69 Å². The Morgan fingerprint density at radius 3 is 2.89 bits per heavy atom. The maximum atomic E-state index is 11.6. The molecule has 1 aromatic rings. The zero-order valence-electron chi connectivity index (χ0n) is 11.2. The fourth-order valence-electron chi connectivity index (χ4n) is 2.22. The molecule has 4 nitrogen and oxygen atoms in total. The minimum absolute atomic E-state index is 0.262. The van der Waals surface area contributed by atoms with Crippen molar-refractivity contribution in [3.8, 4) is 0 Å². The van der Waals surface area contributed by atoms with E-state index in [9.17, 15) is 4.79 Å². The van der Waals surface area contributed by atoms with Gasteiger partial charge in [-0.1, -0.05) is 6.07 Å². The van der Waals surface area contributed by atoms with Crippen LogP contribution in [0, 0.1) is 0 Å². The predicted octanol–water partition coefficient (Wildman–Crippen LogP) is 1.70. The van der Waals surface area contributed by atoms with Crippen molar-refractivity contribution < 1.29 is 9.53 Å². The highest BCUT2D eigenvalue weighted by Gasteiger charge is 2.28. The Kier molecular flexibility index (Phi) is 3.57. The van der Waals surface area contributed by atoms with Gasteiger partial charge in [0.1, 0.15) is 5.54 Å². The Balaban J connectivity index is 2.17. The maximum absolute atomic E-state index is 11.6. The van der Waals surface area contributed by atoms with Crippen molar-refractivity contribution in [2.75, 3.05) is 19.0 Å². The lowest BCUT2D eigenvalue weighted by Gasteiger charge is -2.26. The Labute approximate surface area is 108 Å². The van der Waals surface area contributed by atoms with Crippen molar-refractivity contribution in [3.63, 3.8) is 0 Å². The number of anilines is 1. The maximum Gasteiger partial charge on any atom is 0.330 e. The molecule has 18 heavy (non-hydrogen) atoms. The van der Waals surface area contributed by atoms with E-state index in [1.54, 1.807) is 0 Å². The van der Waals surface area contributed by atoms with Crippen LogP contribution in [0.25, 0.3) is 0 Å². The lowest BCUT2D eigenvalue weighted by atomic mass is 9.99. The van der Waals surface area contributed by atoms with Gasteiger partial charge in [0.2, 0.25) is 0 Å². The zero-order valence-corrected chi connectivity index (χ0v) is 11.2. The lowest BCUT2D eigenvalue weighted by Crippen LogP contribution is -2.41. The smallest absolute Gasteiger partial charge is 0.330 e. The fraction of sp³-hybridized carbons (Fsp3) is 0.500. The molecule has 0 amide bonds. The van der Waals surface area contributed by atoms with Gasteiger partial charge >= 0.3 is 5.97 Å². The molecule has 2 rings (SSSR count). The molecule has 0 bridgehead atoms. The number of carbonyl (C=O) groups is 1. The highest BCUT2D eigenvalue weighted by molar-refractivity contribution is 5.83. The van der Waals surface area contributed by atoms with Crippen molar-refractivity contribution in [1.82, 2.24) is 5.32 Å². The summed E-state index contributed by atoms with van der Waals surface area (Å²) in [6.45, 7) is 5.58. The SMILES string of the molecule is COC(=O)C(C)(C)Nc1ccc2c(c1)CCNC2. The molecule has 0 fully saturated rings. The van der Waals surface area contributed by atoms with Crippen LogP contribution >= 0.6 is 0 Å². The minimum atomic E-state index is -0.712. The molecule has 0 saturated heterocycles. The van der Waals surface area contributed by atoms with Gasteiger partial charge < -0.3 is 15.4 Å². The van der Waals surface area contributed by atoms with Crippen LogP contribution in [0.1, 0.15) is 25.0 Å². The van der Waals surface area contributed by atoms with Gasteiger partial charge in [-0.2, -0.15) is 0 Å². The number of fused-ring (bicyclic) bond motifs is 1. The molecule has 98 valence electrons. The summed E-state index contributed by atoms with van der Waals surface area (Å²) in [5, 5.41) is 6.57. The normalized spacial score (nSPS) is 14.8. The largest absolute Gasteiger partial charge is 0.467 e. The number of ether oxygens (including phenoxy) is 1. The first-order valence-electron chi connectivity index (χ1n) is 6.22. The topological polar surface area (TPSA) is 50.4 Å². The predicted molar refractivity (Wildman–Crippen MR) is 71.6 cm³/mol. The van der Waals surface area contributed by atoms with Gasteiger partial charge in [0.25, 0.3) is 0 Å². The number of methoxy groups -OCH3 is 1. The first kappa shape index (κ1) is 12.9. The average molecular weight is 248 g/mol. The monoisotopic (exact) mass is 248 g/mol. The molecule has 0 aromatic heterocycles. The van der Waals surface area contributed by atoms with Crippen LogP contribution in [0.5, 0.6) is 0 Å². The van der Waals surface area contributed by atoms with Crippen molar-refractivity contribution in [3.05, 3.63) is 29.3 Å². The molecule has 0 atom stereocenters. The Morgan fingerprint density at radius 1 is 1.39 bits per heavy atom. The van der Waals surface area contributed by atoms with Crippen LogP contribution in [-0.4, -0.2) is 25.2 Å². The van der Waals surface area contributed by atoms with E-state index >= 15 is 0 Å². The van der Waals surface area contributed by atoms with Gasteiger partial charge in [-0.05, 0) is 50.1 Å². The van der Waals surface area contributed by atoms with Crippen LogP contribution in [0.3, 0.4) is 0 Å². The third kappa shape index (κ3) is 2.64. The number of rotatable bonds is 3. The molecule has 4 heteroatoms. The number of carbonyl (C=O) groups excluding carboxylic acids is 1. The van der Waals surface area contributed by atoms with Crippen molar-refractivity contribution >= 4 is 11.7 Å². The molecule has 0 saturated carbocycles. The Morgan fingerprint density at radius 2 is 2.17 bits per heavy atom. The molecule has 0 unspecified atom stereocenters. The van der Waals surface area contributed by atoms with Gasteiger partial charge in [0.15, 0.2) is 0 Å². The molecule has 0 aliphatic carbocycles. The molecule has 1 aromatic carbocycles. The summed E-state index contributed by atoms with van der Waals surface area (Å²) in [6.07, 6.45) is 1.03. The average Bonchev–Trinajstić information content (AvgIpc) is 2.37. The van der Waals surface area contributed by atoms with E-state index in [2.05, 4.69) is 22.8 Å². The van der Waals surface area contributed by atoms with E-state index in [4.69, 9.17) is 4.74 Å². The summed E-state index contributed by atoms with van der Waals surface area (Å²) in [5.74, 6) is -0.262. The third-order valence-electron chi connectivity index (χ3n) is 3.25. The fourth-order valence-corrected chi connectivity index (χ4v) is 2.22. The van der Waals surface area contributed by atoms with Crippen LogP contribution < -0.4 is 10.6 Å². The van der Waals surface area contributed by atoms with Gasteiger partial charge in [0, 0.05) is 12.2 Å². The zero-order chi connectivity index (χ0) is 13.2. The van der Waals surface area contributed by atoms with Gasteiger partial charge in [-0.15, -0.1) is 0 Å². The third-order valence-corrected chi connectivity index (χ3v) is 3.25. The summed E-state index contributed by atoms with van der Waals surface area (Å²) in [6, 6.07) is 6.24. The number of nitrogens with one attached hydrogen (secondary N) is 2. The van der Waals surface area contributed by atoms with E-state index in [0.29, 0.717) is 0 Å². The van der Waals surface area contributed by atoms with E-state index in [0.717, 1.165) is 25.2 Å². The number of hydrogen-bond donors (Lipinski definition) is 2. The Bertz CT molecular complexity index is 455. The van der Waals surface area contributed by atoms with E-state index < -0.39 is 5.54 Å². The quantitative estimate of drug-likeness (QED) is 0.799. The highest BCUT2D eigenvalue weighted by Crippen LogP contribution is 2.22. The number of esters is 1. The molecule has 0 radical (unpaired) electrons. The standard InChI is InChI=1S/C14H20N2O2/c1-14(2,13(17)18-3)16-12-5-4-11-9-15-7-6-10(11)8-12/h4-5,8,15-16H,6-7,9H2,1-3H3. The summed E-state index contributed by atoms with van der Waals surface area (Å²) >= 11 is 0. The lowest BCUT2D eigenvalue weighted by molar-refractivity contribution is -0.144. The summed E-state index contributed by atoms with van der Waals surface area (Å²) < 4.78 is 4.79. The minimum Gasteiger partial charge on any atom is -0.467 e.